The van der Waals surface area contributed by atoms with Crippen LogP contribution >= 0.6 is 11.8 Å². The first-order valence-electron chi connectivity index (χ1n) is 8.11. The van der Waals surface area contributed by atoms with E-state index < -0.39 is 11.9 Å². The molecule has 2 rings (SSSR count). The SMILES string of the molecule is COC(=O)/C=C1/S/C(=N\N=Cc2ccccc2OCCC(C)C)NC1=O. The van der Waals surface area contributed by atoms with Crippen LogP contribution in [0.3, 0.4) is 0 Å². The molecular weight excluding hydrogens is 354 g/mol. The van der Waals surface area contributed by atoms with Gasteiger partial charge in [0.15, 0.2) is 5.17 Å². The smallest absolute Gasteiger partial charge is 0.331 e. The molecular formula is C18H21N3O4S. The van der Waals surface area contributed by atoms with Crippen LogP contribution in [-0.2, 0) is 14.3 Å². The van der Waals surface area contributed by atoms with Crippen LogP contribution in [0.4, 0.5) is 0 Å². The lowest BCUT2D eigenvalue weighted by Gasteiger charge is -2.09. The lowest BCUT2D eigenvalue weighted by atomic mass is 10.1. The number of hydrogen-bond acceptors (Lipinski definition) is 7. The van der Waals surface area contributed by atoms with Gasteiger partial charge in [0, 0.05) is 11.6 Å². The Morgan fingerprint density at radius 1 is 1.35 bits per heavy atom. The molecule has 0 atom stereocenters. The number of nitrogens with zero attached hydrogens (tertiary/aromatic N) is 2. The summed E-state index contributed by atoms with van der Waals surface area (Å²) in [5, 5.41) is 10.8. The molecule has 1 aromatic carbocycles. The van der Waals surface area contributed by atoms with Gasteiger partial charge in [-0.3, -0.25) is 10.1 Å². The van der Waals surface area contributed by atoms with Crippen LogP contribution in [0.5, 0.6) is 5.75 Å². The number of para-hydroxylation sites is 1. The summed E-state index contributed by atoms with van der Waals surface area (Å²) in [6, 6.07) is 7.52. The highest BCUT2D eigenvalue weighted by molar-refractivity contribution is 8.18. The standard InChI is InChI=1S/C18H21N3O4S/c1-12(2)8-9-25-14-7-5-4-6-13(14)11-19-21-18-20-17(23)15(26-18)10-16(22)24-3/h4-7,10-12H,8-9H2,1-3H3,(H,20,21,23)/b15-10+,19-11?. The third-order valence-corrected chi connectivity index (χ3v) is 4.22. The van der Waals surface area contributed by atoms with E-state index in [9.17, 15) is 9.59 Å². The maximum Gasteiger partial charge on any atom is 0.331 e. The zero-order valence-electron chi connectivity index (χ0n) is 14.9. The summed E-state index contributed by atoms with van der Waals surface area (Å²) in [4.78, 5) is 23.2. The third-order valence-electron chi connectivity index (χ3n) is 3.32. The van der Waals surface area contributed by atoms with Crippen LogP contribution in [0.15, 0.2) is 45.4 Å². The van der Waals surface area contributed by atoms with Crippen molar-refractivity contribution in [1.29, 1.82) is 0 Å². The summed E-state index contributed by atoms with van der Waals surface area (Å²) in [6.07, 6.45) is 3.64. The van der Waals surface area contributed by atoms with Crippen molar-refractivity contribution >= 4 is 35.0 Å². The average molecular weight is 375 g/mol. The van der Waals surface area contributed by atoms with E-state index in [0.717, 1.165) is 35.6 Å². The minimum absolute atomic E-state index is 0.211. The summed E-state index contributed by atoms with van der Waals surface area (Å²) in [5.41, 5.74) is 0.792. The van der Waals surface area contributed by atoms with Gasteiger partial charge in [-0.2, -0.15) is 5.10 Å². The number of carbonyl (C=O) groups is 2. The van der Waals surface area contributed by atoms with Gasteiger partial charge in [-0.15, -0.1) is 5.10 Å². The molecule has 138 valence electrons. The van der Waals surface area contributed by atoms with Crippen molar-refractivity contribution in [2.45, 2.75) is 20.3 Å². The van der Waals surface area contributed by atoms with Crippen LogP contribution < -0.4 is 10.1 Å². The molecule has 1 amide bonds. The Morgan fingerprint density at radius 3 is 2.85 bits per heavy atom. The average Bonchev–Trinajstić information content (AvgIpc) is 2.95. The lowest BCUT2D eigenvalue weighted by Crippen LogP contribution is -2.19. The number of rotatable bonds is 7. The number of amidine groups is 1. The van der Waals surface area contributed by atoms with Gasteiger partial charge in [0.2, 0.25) is 0 Å². The van der Waals surface area contributed by atoms with Gasteiger partial charge in [-0.1, -0.05) is 26.0 Å². The molecule has 1 heterocycles. The largest absolute Gasteiger partial charge is 0.493 e. The van der Waals surface area contributed by atoms with Gasteiger partial charge < -0.3 is 9.47 Å². The summed E-state index contributed by atoms with van der Waals surface area (Å²) in [7, 11) is 1.25. The zero-order valence-corrected chi connectivity index (χ0v) is 15.7. The molecule has 0 radical (unpaired) electrons. The van der Waals surface area contributed by atoms with Crippen molar-refractivity contribution in [2.24, 2.45) is 16.1 Å². The number of amides is 1. The van der Waals surface area contributed by atoms with Gasteiger partial charge in [0.25, 0.3) is 5.91 Å². The number of methoxy groups -OCH3 is 1. The first-order chi connectivity index (χ1) is 12.5. The molecule has 7 nitrogen and oxygen atoms in total. The van der Waals surface area contributed by atoms with E-state index in [1.54, 1.807) is 6.21 Å². The summed E-state index contributed by atoms with van der Waals surface area (Å²) in [5.74, 6) is 0.288. The Balaban J connectivity index is 2.02. The normalized spacial score (nSPS) is 17.3. The van der Waals surface area contributed by atoms with E-state index in [0.29, 0.717) is 17.7 Å². The molecule has 1 fully saturated rings. The maximum atomic E-state index is 11.7. The number of benzene rings is 1. The van der Waals surface area contributed by atoms with Crippen LogP contribution in [0.2, 0.25) is 0 Å². The fraction of sp³-hybridized carbons (Fsp3) is 0.333. The van der Waals surface area contributed by atoms with Crippen molar-refractivity contribution < 1.29 is 19.1 Å². The van der Waals surface area contributed by atoms with E-state index >= 15 is 0 Å². The van der Waals surface area contributed by atoms with Crippen LogP contribution in [0.25, 0.3) is 0 Å². The molecule has 0 aliphatic carbocycles. The monoisotopic (exact) mass is 375 g/mol. The Kier molecular flexibility index (Phi) is 7.40. The highest BCUT2D eigenvalue weighted by Gasteiger charge is 2.24. The molecule has 1 saturated heterocycles. The fourth-order valence-corrected chi connectivity index (χ4v) is 2.65. The first-order valence-corrected chi connectivity index (χ1v) is 8.93. The minimum atomic E-state index is -0.597. The van der Waals surface area contributed by atoms with E-state index in [-0.39, 0.29) is 4.91 Å². The number of thioether (sulfide) groups is 1. The van der Waals surface area contributed by atoms with Crippen molar-refractivity contribution in [3.05, 3.63) is 40.8 Å². The highest BCUT2D eigenvalue weighted by Crippen LogP contribution is 2.23. The molecule has 8 heteroatoms. The number of esters is 1. The molecule has 0 bridgehead atoms. The lowest BCUT2D eigenvalue weighted by molar-refractivity contribution is -0.135. The third kappa shape index (κ3) is 6.03. The molecule has 0 saturated carbocycles. The van der Waals surface area contributed by atoms with Gasteiger partial charge >= 0.3 is 5.97 Å². The topological polar surface area (TPSA) is 89.3 Å². The number of carbonyl (C=O) groups excluding carboxylic acids is 2. The molecule has 0 spiro atoms. The van der Waals surface area contributed by atoms with Crippen molar-refractivity contribution in [3.63, 3.8) is 0 Å². The fourth-order valence-electron chi connectivity index (χ4n) is 1.91. The van der Waals surface area contributed by atoms with Gasteiger partial charge in [-0.25, -0.2) is 4.79 Å². The van der Waals surface area contributed by atoms with E-state index in [1.807, 2.05) is 24.3 Å². The second kappa shape index (κ2) is 9.76. The Bertz CT molecular complexity index is 757. The van der Waals surface area contributed by atoms with Crippen molar-refractivity contribution in [2.75, 3.05) is 13.7 Å². The Morgan fingerprint density at radius 2 is 2.12 bits per heavy atom. The maximum absolute atomic E-state index is 11.7. The Hall–Kier alpha value is -2.61. The highest BCUT2D eigenvalue weighted by atomic mass is 32.2. The summed E-state index contributed by atoms with van der Waals surface area (Å²) < 4.78 is 10.3. The molecule has 1 aliphatic heterocycles. The minimum Gasteiger partial charge on any atom is -0.493 e. The first kappa shape index (κ1) is 19.7. The molecule has 1 N–H and O–H groups in total. The van der Waals surface area contributed by atoms with Crippen molar-refractivity contribution in [3.8, 4) is 5.75 Å². The zero-order chi connectivity index (χ0) is 18.9. The molecule has 0 unspecified atom stereocenters. The second-order valence-corrected chi connectivity index (χ2v) is 6.84. The van der Waals surface area contributed by atoms with Crippen molar-refractivity contribution in [1.82, 2.24) is 5.32 Å². The number of nitrogens with one attached hydrogen (secondary N) is 1. The predicted molar refractivity (Wildman–Crippen MR) is 102 cm³/mol. The molecule has 26 heavy (non-hydrogen) atoms. The quantitative estimate of drug-likeness (QED) is 0.343. The van der Waals surface area contributed by atoms with E-state index in [2.05, 4.69) is 34.1 Å². The number of hydrogen-bond donors (Lipinski definition) is 1. The van der Waals surface area contributed by atoms with E-state index in [1.165, 1.54) is 7.11 Å². The number of ether oxygens (including phenoxy) is 2. The summed E-state index contributed by atoms with van der Waals surface area (Å²) >= 11 is 1.02. The molecule has 1 aliphatic rings. The van der Waals surface area contributed by atoms with E-state index in [4.69, 9.17) is 4.74 Å². The Labute approximate surface area is 156 Å². The van der Waals surface area contributed by atoms with Crippen LogP contribution in [0.1, 0.15) is 25.8 Å². The summed E-state index contributed by atoms with van der Waals surface area (Å²) in [6.45, 7) is 4.91. The molecule has 1 aromatic rings. The van der Waals surface area contributed by atoms with Gasteiger partial charge in [0.1, 0.15) is 5.75 Å². The predicted octanol–water partition coefficient (Wildman–Crippen LogP) is 2.72. The second-order valence-electron chi connectivity index (χ2n) is 5.81. The molecule has 0 aromatic heterocycles. The van der Waals surface area contributed by atoms with Crippen LogP contribution in [0, 0.1) is 5.92 Å². The van der Waals surface area contributed by atoms with Crippen LogP contribution in [-0.4, -0.2) is 37.0 Å². The van der Waals surface area contributed by atoms with Gasteiger partial charge in [-0.05, 0) is 36.2 Å². The van der Waals surface area contributed by atoms with Gasteiger partial charge in [0.05, 0.1) is 24.8 Å².